The molecule has 0 aromatic carbocycles. The van der Waals surface area contributed by atoms with Crippen LogP contribution in [0.3, 0.4) is 0 Å². The minimum absolute atomic E-state index is 0.0600. The van der Waals surface area contributed by atoms with Crippen LogP contribution in [0.15, 0.2) is 46.7 Å². The minimum atomic E-state index is -0.319. The number of ether oxygens (including phenoxy) is 1. The smallest absolute Gasteiger partial charge is 0.311 e. The van der Waals surface area contributed by atoms with E-state index in [0.717, 1.165) is 5.56 Å². The molecule has 8 heteroatoms. The van der Waals surface area contributed by atoms with E-state index in [1.54, 1.807) is 23.6 Å². The van der Waals surface area contributed by atoms with Crippen molar-refractivity contribution in [3.63, 3.8) is 0 Å². The van der Waals surface area contributed by atoms with E-state index in [1.165, 1.54) is 11.3 Å². The second kappa shape index (κ2) is 8.77. The van der Waals surface area contributed by atoms with E-state index in [9.17, 15) is 9.59 Å². The van der Waals surface area contributed by atoms with Crippen LogP contribution in [0.5, 0.6) is 0 Å². The summed E-state index contributed by atoms with van der Waals surface area (Å²) < 4.78 is 6.93. The molecular formula is C18H19N3O3S2. The van der Waals surface area contributed by atoms with Crippen LogP contribution in [0.4, 0.5) is 5.13 Å². The molecule has 0 aliphatic rings. The molecule has 6 nitrogen and oxygen atoms in total. The fraction of sp³-hybridized carbons (Fsp3) is 0.278. The number of thiophene rings is 1. The van der Waals surface area contributed by atoms with Gasteiger partial charge in [-0.25, -0.2) is 4.98 Å². The van der Waals surface area contributed by atoms with Crippen molar-refractivity contribution >= 4 is 39.7 Å². The van der Waals surface area contributed by atoms with E-state index < -0.39 is 0 Å². The molecule has 0 spiro atoms. The van der Waals surface area contributed by atoms with Gasteiger partial charge in [-0.15, -0.1) is 11.3 Å². The van der Waals surface area contributed by atoms with Crippen molar-refractivity contribution in [3.8, 4) is 0 Å². The van der Waals surface area contributed by atoms with Crippen molar-refractivity contribution in [2.75, 3.05) is 11.9 Å². The van der Waals surface area contributed by atoms with Gasteiger partial charge in [-0.3, -0.25) is 9.59 Å². The first-order valence-electron chi connectivity index (χ1n) is 8.20. The fourth-order valence-electron chi connectivity index (χ4n) is 2.57. The Labute approximate surface area is 159 Å². The molecule has 0 aliphatic heterocycles. The first-order chi connectivity index (χ1) is 12.7. The van der Waals surface area contributed by atoms with Gasteiger partial charge in [0.1, 0.15) is 0 Å². The van der Waals surface area contributed by atoms with Crippen LogP contribution in [0.1, 0.15) is 30.6 Å². The number of amides is 1. The Morgan fingerprint density at radius 2 is 2.12 bits per heavy atom. The number of aromatic nitrogens is 2. The number of hydrogen-bond acceptors (Lipinski definition) is 6. The third-order valence-corrected chi connectivity index (χ3v) is 5.23. The van der Waals surface area contributed by atoms with Gasteiger partial charge in [-0.2, -0.15) is 11.3 Å². The summed E-state index contributed by atoms with van der Waals surface area (Å²) >= 11 is 2.91. The molecule has 0 bridgehead atoms. The Morgan fingerprint density at radius 3 is 2.81 bits per heavy atom. The number of hydrogen-bond donors (Lipinski definition) is 1. The molecular weight excluding hydrogens is 370 g/mol. The summed E-state index contributed by atoms with van der Waals surface area (Å²) in [6.45, 7) is 2.11. The Kier molecular flexibility index (Phi) is 6.19. The minimum Gasteiger partial charge on any atom is -0.466 e. The number of rotatable bonds is 8. The summed E-state index contributed by atoms with van der Waals surface area (Å²) in [6, 6.07) is 5.86. The Morgan fingerprint density at radius 1 is 1.31 bits per heavy atom. The third-order valence-electron chi connectivity index (χ3n) is 3.72. The van der Waals surface area contributed by atoms with Crippen LogP contribution in [0, 0.1) is 0 Å². The second-order valence-electron chi connectivity index (χ2n) is 5.58. The number of nitrogens with one attached hydrogen (secondary N) is 1. The van der Waals surface area contributed by atoms with Crippen LogP contribution in [0.25, 0.3) is 0 Å². The first-order valence-corrected chi connectivity index (χ1v) is 10.0. The van der Waals surface area contributed by atoms with Gasteiger partial charge < -0.3 is 14.6 Å². The SMILES string of the molecule is CCOC(=O)Cc1csc(NC(=O)C[C@@H](c2ccsc2)n2cccc2)n1. The molecule has 0 radical (unpaired) electrons. The molecule has 1 N–H and O–H groups in total. The Balaban J connectivity index is 1.62. The summed E-state index contributed by atoms with van der Waals surface area (Å²) in [5, 5.41) is 9.14. The van der Waals surface area contributed by atoms with E-state index in [0.29, 0.717) is 23.9 Å². The number of carbonyl (C=O) groups excluding carboxylic acids is 2. The average molecular weight is 390 g/mol. The lowest BCUT2D eigenvalue weighted by molar-refractivity contribution is -0.142. The highest BCUT2D eigenvalue weighted by molar-refractivity contribution is 7.14. The molecule has 0 aliphatic carbocycles. The monoisotopic (exact) mass is 389 g/mol. The van der Waals surface area contributed by atoms with E-state index in [1.807, 2.05) is 40.5 Å². The predicted molar refractivity (Wildman–Crippen MR) is 103 cm³/mol. The average Bonchev–Trinajstić information content (AvgIpc) is 3.36. The number of anilines is 1. The van der Waals surface area contributed by atoms with E-state index in [4.69, 9.17) is 4.74 Å². The molecule has 0 saturated heterocycles. The number of esters is 1. The highest BCUT2D eigenvalue weighted by Gasteiger charge is 2.19. The number of nitrogens with zero attached hydrogens (tertiary/aromatic N) is 2. The third kappa shape index (κ3) is 4.80. The van der Waals surface area contributed by atoms with Gasteiger partial charge in [-0.05, 0) is 41.4 Å². The van der Waals surface area contributed by atoms with Gasteiger partial charge in [0.15, 0.2) is 5.13 Å². The second-order valence-corrected chi connectivity index (χ2v) is 7.22. The van der Waals surface area contributed by atoms with E-state index in [2.05, 4.69) is 15.7 Å². The summed E-state index contributed by atoms with van der Waals surface area (Å²) in [5.41, 5.74) is 1.70. The first kappa shape index (κ1) is 18.3. The maximum Gasteiger partial charge on any atom is 0.311 e. The highest BCUT2D eigenvalue weighted by atomic mass is 32.1. The van der Waals surface area contributed by atoms with E-state index >= 15 is 0 Å². The zero-order valence-electron chi connectivity index (χ0n) is 14.3. The van der Waals surface area contributed by atoms with Crippen LogP contribution in [-0.4, -0.2) is 28.0 Å². The molecule has 3 rings (SSSR count). The molecule has 136 valence electrons. The van der Waals surface area contributed by atoms with Crippen LogP contribution < -0.4 is 5.32 Å². The molecule has 0 unspecified atom stereocenters. The zero-order chi connectivity index (χ0) is 18.4. The largest absolute Gasteiger partial charge is 0.466 e. The highest BCUT2D eigenvalue weighted by Crippen LogP contribution is 2.25. The quantitative estimate of drug-likeness (QED) is 0.596. The number of carbonyl (C=O) groups is 2. The van der Waals surface area contributed by atoms with Crippen LogP contribution in [-0.2, 0) is 20.7 Å². The van der Waals surface area contributed by atoms with Gasteiger partial charge >= 0.3 is 5.97 Å². The summed E-state index contributed by atoms with van der Waals surface area (Å²) in [6.07, 6.45) is 4.33. The summed E-state index contributed by atoms with van der Waals surface area (Å²) in [7, 11) is 0. The van der Waals surface area contributed by atoms with Gasteiger partial charge in [0.2, 0.25) is 5.91 Å². The normalized spacial score (nSPS) is 11.9. The molecule has 0 fully saturated rings. The lowest BCUT2D eigenvalue weighted by Gasteiger charge is -2.17. The topological polar surface area (TPSA) is 73.2 Å². The Bertz CT molecular complexity index is 807. The summed E-state index contributed by atoms with van der Waals surface area (Å²) in [4.78, 5) is 28.3. The van der Waals surface area contributed by atoms with Crippen molar-refractivity contribution in [1.82, 2.24) is 9.55 Å². The van der Waals surface area contributed by atoms with Crippen molar-refractivity contribution < 1.29 is 14.3 Å². The maximum atomic E-state index is 12.5. The van der Waals surface area contributed by atoms with Crippen molar-refractivity contribution in [3.05, 3.63) is 58.0 Å². The lowest BCUT2D eigenvalue weighted by Crippen LogP contribution is -2.19. The molecule has 3 aromatic rings. The fourth-order valence-corrected chi connectivity index (χ4v) is 4.00. The van der Waals surface area contributed by atoms with Crippen molar-refractivity contribution in [2.45, 2.75) is 25.8 Å². The molecule has 26 heavy (non-hydrogen) atoms. The predicted octanol–water partition coefficient (Wildman–Crippen LogP) is 3.73. The summed E-state index contributed by atoms with van der Waals surface area (Å²) in [5.74, 6) is -0.437. The van der Waals surface area contributed by atoms with Crippen molar-refractivity contribution in [1.29, 1.82) is 0 Å². The van der Waals surface area contributed by atoms with Crippen LogP contribution in [0.2, 0.25) is 0 Å². The molecule has 3 aromatic heterocycles. The van der Waals surface area contributed by atoms with Crippen LogP contribution >= 0.6 is 22.7 Å². The zero-order valence-corrected chi connectivity index (χ0v) is 15.9. The molecule has 1 atom stereocenters. The number of thiazole rings is 1. The van der Waals surface area contributed by atoms with Gasteiger partial charge in [0.05, 0.1) is 31.2 Å². The molecule has 0 saturated carbocycles. The van der Waals surface area contributed by atoms with E-state index in [-0.39, 0.29) is 24.3 Å². The van der Waals surface area contributed by atoms with Gasteiger partial charge in [-0.1, -0.05) is 0 Å². The van der Waals surface area contributed by atoms with Gasteiger partial charge in [0, 0.05) is 17.8 Å². The lowest BCUT2D eigenvalue weighted by atomic mass is 10.1. The maximum absolute atomic E-state index is 12.5. The standard InChI is InChI=1S/C18H19N3O3S2/c1-2-24-17(23)9-14-12-26-18(19-14)20-16(22)10-15(13-5-8-25-11-13)21-6-3-4-7-21/h3-8,11-12,15H,2,9-10H2,1H3,(H,19,20,22)/t15-/m0/s1. The van der Waals surface area contributed by atoms with Crippen molar-refractivity contribution in [2.24, 2.45) is 0 Å². The van der Waals surface area contributed by atoms with Gasteiger partial charge in [0.25, 0.3) is 0 Å². The Hall–Kier alpha value is -2.45. The molecule has 1 amide bonds. The molecule has 3 heterocycles.